The highest BCUT2D eigenvalue weighted by atomic mass is 32.1. The second-order valence-corrected chi connectivity index (χ2v) is 4.93. The minimum atomic E-state index is -0.251. The van der Waals surface area contributed by atoms with Crippen LogP contribution in [0.25, 0.3) is 0 Å². The van der Waals surface area contributed by atoms with E-state index in [2.05, 4.69) is 41.7 Å². The normalized spacial score (nSPS) is 18.1. The van der Waals surface area contributed by atoms with E-state index in [1.807, 2.05) is 35.2 Å². The molecule has 0 radical (unpaired) electrons. The van der Waals surface area contributed by atoms with Crippen LogP contribution in [0.5, 0.6) is 0 Å². The predicted octanol–water partition coefficient (Wildman–Crippen LogP) is 2.60. The summed E-state index contributed by atoms with van der Waals surface area (Å²) in [6.07, 6.45) is 0. The van der Waals surface area contributed by atoms with Crippen molar-refractivity contribution in [1.82, 2.24) is 5.43 Å². The van der Waals surface area contributed by atoms with Crippen LogP contribution in [0.2, 0.25) is 0 Å². The fourth-order valence-electron chi connectivity index (χ4n) is 2.09. The molecule has 2 aromatic rings. The van der Waals surface area contributed by atoms with Crippen molar-refractivity contribution in [1.29, 1.82) is 0 Å². The summed E-state index contributed by atoms with van der Waals surface area (Å²) in [6.45, 7) is 2.07. The van der Waals surface area contributed by atoms with Gasteiger partial charge in [-0.1, -0.05) is 48.0 Å². The van der Waals surface area contributed by atoms with Gasteiger partial charge >= 0.3 is 0 Å². The Labute approximate surface area is 118 Å². The van der Waals surface area contributed by atoms with E-state index in [-0.39, 0.29) is 5.50 Å². The minimum Gasteiger partial charge on any atom is -0.744 e. The Morgan fingerprint density at radius 2 is 1.74 bits per heavy atom. The number of para-hydroxylation sites is 1. The SMILES string of the molecule is Cc1ccc(C2=NNC([S-])N2c2ccccc2)cc1. The lowest BCUT2D eigenvalue weighted by Crippen LogP contribution is -2.38. The van der Waals surface area contributed by atoms with Crippen LogP contribution >= 0.6 is 0 Å². The third kappa shape index (κ3) is 2.31. The largest absolute Gasteiger partial charge is 0.744 e. The van der Waals surface area contributed by atoms with Crippen molar-refractivity contribution in [2.24, 2.45) is 5.10 Å². The fraction of sp³-hybridized carbons (Fsp3) is 0.133. The second-order valence-electron chi connectivity index (χ2n) is 4.49. The monoisotopic (exact) mass is 268 g/mol. The fourth-order valence-corrected chi connectivity index (χ4v) is 2.37. The van der Waals surface area contributed by atoms with E-state index in [4.69, 9.17) is 12.6 Å². The van der Waals surface area contributed by atoms with Gasteiger partial charge in [-0.15, -0.1) is 0 Å². The average molecular weight is 268 g/mol. The average Bonchev–Trinajstić information content (AvgIpc) is 2.82. The summed E-state index contributed by atoms with van der Waals surface area (Å²) in [6, 6.07) is 18.4. The Bertz CT molecular complexity index is 593. The number of anilines is 1. The zero-order chi connectivity index (χ0) is 13.2. The standard InChI is InChI=1S/C15H15N3S/c1-11-7-9-12(10-8-11)14-16-17-15(19)18(14)13-5-3-2-4-6-13/h2-10,15,17,19H,1H3/p-1. The van der Waals surface area contributed by atoms with Gasteiger partial charge in [0.2, 0.25) is 0 Å². The van der Waals surface area contributed by atoms with E-state index in [0.29, 0.717) is 0 Å². The second kappa shape index (κ2) is 4.97. The lowest BCUT2D eigenvalue weighted by molar-refractivity contribution is 0.760. The van der Waals surface area contributed by atoms with Crippen molar-refractivity contribution in [2.45, 2.75) is 12.4 Å². The lowest BCUT2D eigenvalue weighted by Gasteiger charge is -2.31. The zero-order valence-corrected chi connectivity index (χ0v) is 11.4. The summed E-state index contributed by atoms with van der Waals surface area (Å²) in [5, 5.41) is 4.36. The van der Waals surface area contributed by atoms with Gasteiger partial charge in [-0.3, -0.25) is 0 Å². The molecule has 19 heavy (non-hydrogen) atoms. The highest BCUT2D eigenvalue weighted by Crippen LogP contribution is 2.22. The lowest BCUT2D eigenvalue weighted by atomic mass is 10.1. The summed E-state index contributed by atoms with van der Waals surface area (Å²) in [5.74, 6) is 0.867. The van der Waals surface area contributed by atoms with Crippen LogP contribution in [-0.2, 0) is 12.6 Å². The summed E-state index contributed by atoms with van der Waals surface area (Å²) >= 11 is 5.41. The number of nitrogens with zero attached hydrogens (tertiary/aromatic N) is 2. The van der Waals surface area contributed by atoms with Crippen LogP contribution in [-0.4, -0.2) is 11.3 Å². The molecule has 3 rings (SSSR count). The predicted molar refractivity (Wildman–Crippen MR) is 80.9 cm³/mol. The number of rotatable bonds is 2. The quantitative estimate of drug-likeness (QED) is 0.848. The molecule has 0 saturated heterocycles. The van der Waals surface area contributed by atoms with Crippen LogP contribution in [0.1, 0.15) is 11.1 Å². The van der Waals surface area contributed by atoms with Gasteiger partial charge in [-0.25, -0.2) is 0 Å². The smallest absolute Gasteiger partial charge is 0.160 e. The Kier molecular flexibility index (Phi) is 3.17. The van der Waals surface area contributed by atoms with Gasteiger partial charge in [0.15, 0.2) is 5.84 Å². The van der Waals surface area contributed by atoms with Crippen LogP contribution in [0, 0.1) is 6.92 Å². The summed E-state index contributed by atoms with van der Waals surface area (Å²) in [5.41, 5.74) is 6.05. The Balaban J connectivity index is 1.99. The van der Waals surface area contributed by atoms with E-state index in [1.54, 1.807) is 0 Å². The summed E-state index contributed by atoms with van der Waals surface area (Å²) < 4.78 is 0. The van der Waals surface area contributed by atoms with E-state index >= 15 is 0 Å². The molecule has 1 atom stereocenters. The van der Waals surface area contributed by atoms with E-state index in [9.17, 15) is 0 Å². The van der Waals surface area contributed by atoms with Gasteiger partial charge in [0.1, 0.15) is 0 Å². The molecule has 3 nitrogen and oxygen atoms in total. The number of nitrogens with one attached hydrogen (secondary N) is 1. The molecular weight excluding hydrogens is 254 g/mol. The molecular formula is C15H14N3S-. The van der Waals surface area contributed by atoms with Crippen molar-refractivity contribution in [3.8, 4) is 0 Å². The van der Waals surface area contributed by atoms with Crippen molar-refractivity contribution in [3.05, 3.63) is 65.7 Å². The Morgan fingerprint density at radius 1 is 1.05 bits per heavy atom. The van der Waals surface area contributed by atoms with Crippen molar-refractivity contribution in [3.63, 3.8) is 0 Å². The highest BCUT2D eigenvalue weighted by Gasteiger charge is 2.22. The first-order valence-corrected chi connectivity index (χ1v) is 6.63. The Hall–Kier alpha value is -1.94. The summed E-state index contributed by atoms with van der Waals surface area (Å²) in [7, 11) is 0. The summed E-state index contributed by atoms with van der Waals surface area (Å²) in [4.78, 5) is 2.03. The first kappa shape index (κ1) is 12.1. The number of hydrogen-bond acceptors (Lipinski definition) is 4. The molecule has 1 N–H and O–H groups in total. The number of hydrogen-bond donors (Lipinski definition) is 1. The molecule has 0 bridgehead atoms. The third-order valence-electron chi connectivity index (χ3n) is 3.09. The Morgan fingerprint density at radius 3 is 2.42 bits per heavy atom. The van der Waals surface area contributed by atoms with Gasteiger partial charge < -0.3 is 23.0 Å². The van der Waals surface area contributed by atoms with Crippen LogP contribution in [0.4, 0.5) is 5.69 Å². The molecule has 96 valence electrons. The molecule has 1 heterocycles. The molecule has 0 aromatic heterocycles. The maximum Gasteiger partial charge on any atom is 0.160 e. The molecule has 1 aliphatic rings. The van der Waals surface area contributed by atoms with E-state index in [1.165, 1.54) is 5.56 Å². The van der Waals surface area contributed by atoms with Gasteiger partial charge in [-0.2, -0.15) is 5.10 Å². The van der Waals surface area contributed by atoms with Crippen molar-refractivity contribution < 1.29 is 0 Å². The molecule has 1 unspecified atom stereocenters. The first-order chi connectivity index (χ1) is 9.25. The minimum absolute atomic E-state index is 0.251. The molecule has 4 heteroatoms. The van der Waals surface area contributed by atoms with E-state index in [0.717, 1.165) is 17.1 Å². The molecule has 0 fully saturated rings. The number of aryl methyl sites for hydroxylation is 1. The van der Waals surface area contributed by atoms with Crippen LogP contribution in [0.3, 0.4) is 0 Å². The molecule has 2 aromatic carbocycles. The van der Waals surface area contributed by atoms with Crippen molar-refractivity contribution in [2.75, 3.05) is 4.90 Å². The van der Waals surface area contributed by atoms with Gasteiger partial charge in [-0.05, 0) is 19.1 Å². The third-order valence-corrected chi connectivity index (χ3v) is 3.40. The highest BCUT2D eigenvalue weighted by molar-refractivity contribution is 7.59. The zero-order valence-electron chi connectivity index (χ0n) is 10.6. The maximum atomic E-state index is 5.41. The number of benzene rings is 2. The number of hydrazone groups is 1. The molecule has 0 aliphatic carbocycles. The molecule has 0 saturated carbocycles. The van der Waals surface area contributed by atoms with Gasteiger partial charge in [0, 0.05) is 16.7 Å². The van der Waals surface area contributed by atoms with E-state index < -0.39 is 0 Å². The topological polar surface area (TPSA) is 27.6 Å². The van der Waals surface area contributed by atoms with Gasteiger partial charge in [0.05, 0.1) is 0 Å². The molecule has 0 spiro atoms. The maximum absolute atomic E-state index is 5.41. The first-order valence-electron chi connectivity index (χ1n) is 6.16. The molecule has 1 aliphatic heterocycles. The van der Waals surface area contributed by atoms with Gasteiger partial charge in [0.25, 0.3) is 0 Å². The van der Waals surface area contributed by atoms with Crippen LogP contribution < -0.4 is 10.3 Å². The van der Waals surface area contributed by atoms with Crippen LogP contribution in [0.15, 0.2) is 59.7 Å². The van der Waals surface area contributed by atoms with Crippen molar-refractivity contribution >= 4 is 24.2 Å². The number of amidine groups is 1. The molecule has 0 amide bonds.